The molecular formula is C21H32N3O2+. The molecule has 5 heteroatoms. The third-order valence-corrected chi connectivity index (χ3v) is 6.08. The molecule has 1 saturated carbocycles. The van der Waals surface area contributed by atoms with E-state index in [9.17, 15) is 9.59 Å². The lowest BCUT2D eigenvalue weighted by Gasteiger charge is -2.36. The Labute approximate surface area is 156 Å². The highest BCUT2D eigenvalue weighted by Crippen LogP contribution is 2.37. The van der Waals surface area contributed by atoms with Gasteiger partial charge in [0.1, 0.15) is 12.1 Å². The highest BCUT2D eigenvalue weighted by Gasteiger charge is 2.55. The molecule has 1 spiro atoms. The van der Waals surface area contributed by atoms with E-state index in [0.29, 0.717) is 12.6 Å². The SMILES string of the molecule is CC(C)c1ccc(C[NH+](C)CN2C(=O)N[C@]3(CCCC[C@H]3C)C2=O)cc1. The Kier molecular flexibility index (Phi) is 5.37. The zero-order valence-electron chi connectivity index (χ0n) is 16.5. The van der Waals surface area contributed by atoms with Crippen molar-refractivity contribution in [3.05, 3.63) is 35.4 Å². The molecule has 2 aliphatic rings. The molecule has 1 aromatic rings. The van der Waals surface area contributed by atoms with E-state index in [0.717, 1.165) is 37.1 Å². The van der Waals surface area contributed by atoms with Gasteiger partial charge in [0.25, 0.3) is 5.91 Å². The van der Waals surface area contributed by atoms with Crippen molar-refractivity contribution >= 4 is 11.9 Å². The highest BCUT2D eigenvalue weighted by atomic mass is 16.2. The number of nitrogens with zero attached hydrogens (tertiary/aromatic N) is 1. The molecule has 2 fully saturated rings. The standard InChI is InChI=1S/C21H31N3O2/c1-15(2)18-10-8-17(9-11-18)13-23(4)14-24-19(25)21(22-20(24)26)12-6-5-7-16(21)3/h8-11,15-16H,5-7,12-14H2,1-4H3,(H,22,26)/p+1/t16-,21+/m1/s1. The Hall–Kier alpha value is -1.88. The lowest BCUT2D eigenvalue weighted by atomic mass is 9.73. The molecular weight excluding hydrogens is 326 g/mol. The van der Waals surface area contributed by atoms with Crippen LogP contribution in [0.1, 0.15) is 63.5 Å². The summed E-state index contributed by atoms with van der Waals surface area (Å²) in [5.41, 5.74) is 1.89. The van der Waals surface area contributed by atoms with Gasteiger partial charge in [-0.2, -0.15) is 0 Å². The number of hydrogen-bond acceptors (Lipinski definition) is 2. The average molecular weight is 359 g/mol. The van der Waals surface area contributed by atoms with Crippen LogP contribution in [-0.4, -0.2) is 36.1 Å². The summed E-state index contributed by atoms with van der Waals surface area (Å²) in [6, 6.07) is 8.41. The van der Waals surface area contributed by atoms with E-state index in [-0.39, 0.29) is 17.9 Å². The molecule has 1 aromatic carbocycles. The van der Waals surface area contributed by atoms with Crippen LogP contribution in [0.15, 0.2) is 24.3 Å². The Morgan fingerprint density at radius 1 is 1.23 bits per heavy atom. The number of hydrogen-bond donors (Lipinski definition) is 2. The second kappa shape index (κ2) is 7.39. The Bertz CT molecular complexity index is 670. The zero-order chi connectivity index (χ0) is 18.9. The summed E-state index contributed by atoms with van der Waals surface area (Å²) in [5.74, 6) is 0.708. The number of urea groups is 1. The van der Waals surface area contributed by atoms with Gasteiger partial charge in [0.05, 0.1) is 7.05 Å². The van der Waals surface area contributed by atoms with Gasteiger partial charge in [-0.3, -0.25) is 4.79 Å². The van der Waals surface area contributed by atoms with Gasteiger partial charge in [-0.15, -0.1) is 0 Å². The second-order valence-electron chi connectivity index (χ2n) is 8.47. The quantitative estimate of drug-likeness (QED) is 0.794. The predicted octanol–water partition coefficient (Wildman–Crippen LogP) is 2.28. The van der Waals surface area contributed by atoms with Crippen LogP contribution in [-0.2, 0) is 11.3 Å². The molecule has 3 atom stereocenters. The number of amides is 3. The first-order chi connectivity index (χ1) is 12.3. The van der Waals surface area contributed by atoms with Crippen LogP contribution in [0.25, 0.3) is 0 Å². The van der Waals surface area contributed by atoms with Crippen molar-refractivity contribution < 1.29 is 14.5 Å². The van der Waals surface area contributed by atoms with Crippen LogP contribution < -0.4 is 10.2 Å². The van der Waals surface area contributed by atoms with E-state index < -0.39 is 5.54 Å². The maximum Gasteiger partial charge on any atom is 0.329 e. The molecule has 1 aliphatic carbocycles. The molecule has 0 aromatic heterocycles. The minimum Gasteiger partial charge on any atom is -0.323 e. The van der Waals surface area contributed by atoms with Crippen molar-refractivity contribution in [2.75, 3.05) is 13.7 Å². The van der Waals surface area contributed by atoms with Gasteiger partial charge in [-0.1, -0.05) is 57.9 Å². The monoisotopic (exact) mass is 358 g/mol. The molecule has 5 nitrogen and oxygen atoms in total. The maximum atomic E-state index is 13.0. The molecule has 0 bridgehead atoms. The molecule has 1 saturated heterocycles. The van der Waals surface area contributed by atoms with Crippen molar-refractivity contribution in [3.8, 4) is 0 Å². The predicted molar refractivity (Wildman–Crippen MR) is 102 cm³/mol. The zero-order valence-corrected chi connectivity index (χ0v) is 16.5. The second-order valence-corrected chi connectivity index (χ2v) is 8.47. The topological polar surface area (TPSA) is 53.9 Å². The van der Waals surface area contributed by atoms with E-state index in [1.165, 1.54) is 16.0 Å². The summed E-state index contributed by atoms with van der Waals surface area (Å²) in [6.07, 6.45) is 3.92. The lowest BCUT2D eigenvalue weighted by Crippen LogP contribution is -3.09. The minimum atomic E-state index is -0.658. The van der Waals surface area contributed by atoms with E-state index in [4.69, 9.17) is 0 Å². The van der Waals surface area contributed by atoms with Crippen molar-refractivity contribution in [1.29, 1.82) is 0 Å². The molecule has 3 rings (SSSR count). The van der Waals surface area contributed by atoms with Crippen molar-refractivity contribution in [3.63, 3.8) is 0 Å². The summed E-state index contributed by atoms with van der Waals surface area (Å²) in [5, 5.41) is 3.03. The maximum absolute atomic E-state index is 13.0. The molecule has 26 heavy (non-hydrogen) atoms. The first kappa shape index (κ1) is 18.9. The molecule has 1 aliphatic heterocycles. The number of carbonyl (C=O) groups is 2. The van der Waals surface area contributed by atoms with Crippen LogP contribution in [0.4, 0.5) is 4.79 Å². The number of nitrogens with one attached hydrogen (secondary N) is 2. The third kappa shape index (κ3) is 3.50. The molecule has 2 N–H and O–H groups in total. The van der Waals surface area contributed by atoms with E-state index in [1.807, 2.05) is 7.05 Å². The van der Waals surface area contributed by atoms with Gasteiger partial charge in [0.2, 0.25) is 0 Å². The Morgan fingerprint density at radius 3 is 2.54 bits per heavy atom. The van der Waals surface area contributed by atoms with Gasteiger partial charge in [-0.05, 0) is 30.2 Å². The van der Waals surface area contributed by atoms with Gasteiger partial charge < -0.3 is 10.2 Å². The molecule has 1 unspecified atom stereocenters. The number of imide groups is 1. The average Bonchev–Trinajstić information content (AvgIpc) is 2.83. The van der Waals surface area contributed by atoms with Crippen LogP contribution in [0.2, 0.25) is 0 Å². The molecule has 0 radical (unpaired) electrons. The lowest BCUT2D eigenvalue weighted by molar-refractivity contribution is -0.901. The number of carbonyl (C=O) groups excluding carboxylic acids is 2. The summed E-state index contributed by atoms with van der Waals surface area (Å²) < 4.78 is 0. The van der Waals surface area contributed by atoms with E-state index in [1.54, 1.807) is 0 Å². The van der Waals surface area contributed by atoms with Gasteiger partial charge in [0, 0.05) is 5.56 Å². The number of quaternary nitrogens is 1. The van der Waals surface area contributed by atoms with Gasteiger partial charge >= 0.3 is 6.03 Å². The van der Waals surface area contributed by atoms with E-state index in [2.05, 4.69) is 50.4 Å². The summed E-state index contributed by atoms with van der Waals surface area (Å²) in [7, 11) is 2.03. The number of benzene rings is 1. The van der Waals surface area contributed by atoms with Crippen LogP contribution in [0, 0.1) is 5.92 Å². The largest absolute Gasteiger partial charge is 0.329 e. The van der Waals surface area contributed by atoms with E-state index >= 15 is 0 Å². The normalized spacial score (nSPS) is 27.3. The van der Waals surface area contributed by atoms with Gasteiger partial charge in [0.15, 0.2) is 6.67 Å². The fourth-order valence-corrected chi connectivity index (χ4v) is 4.33. The smallest absolute Gasteiger partial charge is 0.323 e. The Balaban J connectivity index is 1.64. The summed E-state index contributed by atoms with van der Waals surface area (Å²) in [6.45, 7) is 7.66. The molecule has 142 valence electrons. The van der Waals surface area contributed by atoms with Crippen LogP contribution in [0.3, 0.4) is 0 Å². The molecule has 3 amide bonds. The fourth-order valence-electron chi connectivity index (χ4n) is 4.33. The van der Waals surface area contributed by atoms with Gasteiger partial charge in [-0.25, -0.2) is 9.69 Å². The summed E-state index contributed by atoms with van der Waals surface area (Å²) in [4.78, 5) is 28.1. The summed E-state index contributed by atoms with van der Waals surface area (Å²) >= 11 is 0. The van der Waals surface area contributed by atoms with Crippen molar-refractivity contribution in [2.45, 2.75) is 64.5 Å². The molecule has 1 heterocycles. The highest BCUT2D eigenvalue weighted by molar-refractivity contribution is 6.07. The first-order valence-electron chi connectivity index (χ1n) is 9.87. The minimum absolute atomic E-state index is 0.0239. The first-order valence-corrected chi connectivity index (χ1v) is 9.87. The van der Waals surface area contributed by atoms with Crippen molar-refractivity contribution in [1.82, 2.24) is 10.2 Å². The Morgan fingerprint density at radius 2 is 1.92 bits per heavy atom. The van der Waals surface area contributed by atoms with Crippen molar-refractivity contribution in [2.24, 2.45) is 5.92 Å². The van der Waals surface area contributed by atoms with Crippen LogP contribution >= 0.6 is 0 Å². The third-order valence-electron chi connectivity index (χ3n) is 6.08. The number of rotatable bonds is 5. The van der Waals surface area contributed by atoms with Crippen LogP contribution in [0.5, 0.6) is 0 Å². The fraction of sp³-hybridized carbons (Fsp3) is 0.619.